The Hall–Kier alpha value is -2.42. The second-order valence-corrected chi connectivity index (χ2v) is 9.31. The second-order valence-electron chi connectivity index (χ2n) is 7.16. The lowest BCUT2D eigenvalue weighted by atomic mass is 10.1. The summed E-state index contributed by atoms with van der Waals surface area (Å²) in [6.07, 6.45) is 0.320. The molecule has 30 heavy (non-hydrogen) atoms. The van der Waals surface area contributed by atoms with Crippen molar-refractivity contribution in [1.82, 2.24) is 10.0 Å². The lowest BCUT2D eigenvalue weighted by Crippen LogP contribution is -2.42. The molecule has 0 aliphatic carbocycles. The predicted octanol–water partition coefficient (Wildman–Crippen LogP) is 3.14. The van der Waals surface area contributed by atoms with E-state index in [0.717, 1.165) is 5.56 Å². The molecule has 0 spiro atoms. The Balaban J connectivity index is 2.03. The van der Waals surface area contributed by atoms with Crippen LogP contribution in [0.25, 0.3) is 0 Å². The molecule has 2 rings (SSSR count). The van der Waals surface area contributed by atoms with Crippen LogP contribution in [0.4, 0.5) is 0 Å². The molecule has 0 aliphatic heterocycles. The monoisotopic (exact) mass is 452 g/mol. The highest BCUT2D eigenvalue weighted by Gasteiger charge is 2.27. The Labute approximate surface area is 181 Å². The summed E-state index contributed by atoms with van der Waals surface area (Å²) in [5.74, 6) is -0.795. The number of carbonyl (C=O) groups excluding carboxylic acids is 2. The van der Waals surface area contributed by atoms with Crippen molar-refractivity contribution in [2.45, 2.75) is 37.8 Å². The number of ether oxygens (including phenoxy) is 1. The van der Waals surface area contributed by atoms with Gasteiger partial charge < -0.3 is 10.1 Å². The maximum Gasteiger partial charge on any atom is 0.323 e. The van der Waals surface area contributed by atoms with Crippen LogP contribution in [0.15, 0.2) is 53.4 Å². The highest BCUT2D eigenvalue weighted by atomic mass is 35.5. The first kappa shape index (κ1) is 23.9. The number of sulfonamides is 1. The number of esters is 1. The normalized spacial score (nSPS) is 12.4. The number of benzene rings is 2. The van der Waals surface area contributed by atoms with E-state index in [4.69, 9.17) is 16.3 Å². The fraction of sp³-hybridized carbons (Fsp3) is 0.333. The minimum absolute atomic E-state index is 0.0212. The molecule has 2 N–H and O–H groups in total. The first-order valence-electron chi connectivity index (χ1n) is 9.35. The van der Waals surface area contributed by atoms with E-state index in [9.17, 15) is 18.0 Å². The van der Waals surface area contributed by atoms with E-state index >= 15 is 0 Å². The standard InChI is InChI=1S/C21H25ClN2O5S/c1-14(2)12-19(21(26)29-3)24-30(27,28)18-10-4-15(5-11-18)13-23-20(25)16-6-8-17(22)9-7-16/h4-11,14,19,24H,12-13H2,1-3H3,(H,23,25). The quantitative estimate of drug-likeness (QED) is 0.569. The molecule has 1 amide bonds. The number of hydrogen-bond donors (Lipinski definition) is 2. The van der Waals surface area contributed by atoms with Crippen molar-refractivity contribution in [3.63, 3.8) is 0 Å². The molecule has 0 aliphatic rings. The van der Waals surface area contributed by atoms with Gasteiger partial charge in [-0.05, 0) is 54.3 Å². The van der Waals surface area contributed by atoms with Crippen LogP contribution < -0.4 is 10.0 Å². The van der Waals surface area contributed by atoms with Gasteiger partial charge in [-0.3, -0.25) is 9.59 Å². The van der Waals surface area contributed by atoms with Crippen LogP contribution in [0.1, 0.15) is 36.2 Å². The van der Waals surface area contributed by atoms with Gasteiger partial charge in [0.1, 0.15) is 6.04 Å². The van der Waals surface area contributed by atoms with Gasteiger partial charge in [-0.1, -0.05) is 37.6 Å². The van der Waals surface area contributed by atoms with E-state index in [2.05, 4.69) is 10.0 Å². The summed E-state index contributed by atoms with van der Waals surface area (Å²) in [6, 6.07) is 11.6. The molecule has 2 aromatic carbocycles. The molecule has 1 atom stereocenters. The molecule has 0 radical (unpaired) electrons. The average Bonchev–Trinajstić information content (AvgIpc) is 2.71. The number of halogens is 1. The third-order valence-corrected chi connectivity index (χ3v) is 6.02. The average molecular weight is 453 g/mol. The highest BCUT2D eigenvalue weighted by molar-refractivity contribution is 7.89. The van der Waals surface area contributed by atoms with E-state index in [1.807, 2.05) is 13.8 Å². The minimum Gasteiger partial charge on any atom is -0.468 e. The second kappa shape index (κ2) is 10.6. The Morgan fingerprint density at radius 2 is 1.63 bits per heavy atom. The molecule has 0 bridgehead atoms. The third-order valence-electron chi connectivity index (χ3n) is 4.28. The van der Waals surface area contributed by atoms with E-state index < -0.39 is 22.0 Å². The number of amides is 1. The molecule has 9 heteroatoms. The smallest absolute Gasteiger partial charge is 0.323 e. The van der Waals surface area contributed by atoms with Gasteiger partial charge in [0.2, 0.25) is 10.0 Å². The lowest BCUT2D eigenvalue weighted by Gasteiger charge is -2.18. The van der Waals surface area contributed by atoms with Crippen LogP contribution in [0, 0.1) is 5.92 Å². The predicted molar refractivity (Wildman–Crippen MR) is 115 cm³/mol. The third kappa shape index (κ3) is 6.83. The van der Waals surface area contributed by atoms with E-state index in [-0.39, 0.29) is 23.3 Å². The van der Waals surface area contributed by atoms with Crippen LogP contribution in [-0.2, 0) is 26.1 Å². The van der Waals surface area contributed by atoms with Crippen molar-refractivity contribution in [3.8, 4) is 0 Å². The van der Waals surface area contributed by atoms with E-state index in [1.54, 1.807) is 36.4 Å². The van der Waals surface area contributed by atoms with E-state index in [0.29, 0.717) is 17.0 Å². The summed E-state index contributed by atoms with van der Waals surface area (Å²) >= 11 is 5.81. The summed E-state index contributed by atoms with van der Waals surface area (Å²) in [7, 11) is -2.69. The molecule has 0 saturated carbocycles. The number of rotatable bonds is 9. The summed E-state index contributed by atoms with van der Waals surface area (Å²) in [4.78, 5) is 24.1. The Morgan fingerprint density at radius 3 is 2.17 bits per heavy atom. The molecule has 162 valence electrons. The van der Waals surface area contributed by atoms with Crippen molar-refractivity contribution < 1.29 is 22.7 Å². The van der Waals surface area contributed by atoms with Gasteiger partial charge in [0.15, 0.2) is 0 Å². The van der Waals surface area contributed by atoms with Crippen molar-refractivity contribution in [3.05, 3.63) is 64.7 Å². The molecule has 0 aromatic heterocycles. The van der Waals surface area contributed by atoms with Crippen LogP contribution >= 0.6 is 11.6 Å². The molecular formula is C21H25ClN2O5S. The highest BCUT2D eigenvalue weighted by Crippen LogP contribution is 2.15. The van der Waals surface area contributed by atoms with Gasteiger partial charge in [0.05, 0.1) is 12.0 Å². The van der Waals surface area contributed by atoms with E-state index in [1.165, 1.54) is 19.2 Å². The van der Waals surface area contributed by atoms with Crippen LogP contribution in [0.3, 0.4) is 0 Å². The molecule has 2 aromatic rings. The summed E-state index contributed by atoms with van der Waals surface area (Å²) < 4.78 is 32.4. The molecule has 7 nitrogen and oxygen atoms in total. The molecule has 1 unspecified atom stereocenters. The van der Waals surface area contributed by atoms with Gasteiger partial charge in [0, 0.05) is 17.1 Å². The number of methoxy groups -OCH3 is 1. The van der Waals surface area contributed by atoms with Gasteiger partial charge in [-0.15, -0.1) is 0 Å². The summed E-state index contributed by atoms with van der Waals surface area (Å²) in [5, 5.41) is 3.30. The van der Waals surface area contributed by atoms with Gasteiger partial charge in [-0.25, -0.2) is 8.42 Å². The minimum atomic E-state index is -3.91. The number of hydrogen-bond acceptors (Lipinski definition) is 5. The zero-order valence-electron chi connectivity index (χ0n) is 17.0. The zero-order valence-corrected chi connectivity index (χ0v) is 18.6. The van der Waals surface area contributed by atoms with Crippen LogP contribution in [0.2, 0.25) is 5.02 Å². The van der Waals surface area contributed by atoms with Gasteiger partial charge in [0.25, 0.3) is 5.91 Å². The number of nitrogens with one attached hydrogen (secondary N) is 2. The maximum atomic E-state index is 12.6. The van der Waals surface area contributed by atoms with Crippen LogP contribution in [0.5, 0.6) is 0 Å². The number of carbonyl (C=O) groups is 2. The van der Waals surface area contributed by atoms with Crippen molar-refractivity contribution in [1.29, 1.82) is 0 Å². The Morgan fingerprint density at radius 1 is 1.03 bits per heavy atom. The fourth-order valence-electron chi connectivity index (χ4n) is 2.73. The van der Waals surface area contributed by atoms with Gasteiger partial charge in [-0.2, -0.15) is 4.72 Å². The largest absolute Gasteiger partial charge is 0.468 e. The SMILES string of the molecule is COC(=O)C(CC(C)C)NS(=O)(=O)c1ccc(CNC(=O)c2ccc(Cl)cc2)cc1. The summed E-state index contributed by atoms with van der Waals surface area (Å²) in [6.45, 7) is 4.00. The fourth-order valence-corrected chi connectivity index (χ4v) is 4.06. The molecule has 0 heterocycles. The van der Waals surface area contributed by atoms with Crippen LogP contribution in [-0.4, -0.2) is 33.4 Å². The maximum absolute atomic E-state index is 12.6. The molecule has 0 fully saturated rings. The first-order valence-corrected chi connectivity index (χ1v) is 11.2. The summed E-state index contributed by atoms with van der Waals surface area (Å²) in [5.41, 5.74) is 1.20. The van der Waals surface area contributed by atoms with Crippen molar-refractivity contribution in [2.24, 2.45) is 5.92 Å². The van der Waals surface area contributed by atoms with Crippen molar-refractivity contribution in [2.75, 3.05) is 7.11 Å². The molecular weight excluding hydrogens is 428 g/mol. The topological polar surface area (TPSA) is 102 Å². The molecule has 0 saturated heterocycles. The Bertz CT molecular complexity index is 973. The van der Waals surface area contributed by atoms with Crippen molar-refractivity contribution >= 4 is 33.5 Å². The van der Waals surface area contributed by atoms with Gasteiger partial charge >= 0.3 is 5.97 Å². The zero-order chi connectivity index (χ0) is 22.3. The Kier molecular flexibility index (Phi) is 8.40. The first-order chi connectivity index (χ1) is 14.1. The lowest BCUT2D eigenvalue weighted by molar-refractivity contribution is -0.143.